The van der Waals surface area contributed by atoms with Crippen molar-refractivity contribution in [3.05, 3.63) is 80.7 Å². The number of hydrogen-bond acceptors (Lipinski definition) is 6. The molecular formula is C24H23N3O2S2. The van der Waals surface area contributed by atoms with E-state index in [1.54, 1.807) is 39.8 Å². The van der Waals surface area contributed by atoms with Crippen molar-refractivity contribution >= 4 is 39.9 Å². The van der Waals surface area contributed by atoms with Crippen LogP contribution >= 0.6 is 22.7 Å². The Bertz CT molecular complexity index is 1100. The smallest absolute Gasteiger partial charge is 0.257 e. The molecule has 5 rings (SSSR count). The van der Waals surface area contributed by atoms with Crippen LogP contribution in [-0.2, 0) is 4.79 Å². The predicted octanol–water partition coefficient (Wildman–Crippen LogP) is 4.98. The summed E-state index contributed by atoms with van der Waals surface area (Å²) in [4.78, 5) is 17.8. The van der Waals surface area contributed by atoms with Gasteiger partial charge in [-0.2, -0.15) is 5.10 Å². The third-order valence-electron chi connectivity index (χ3n) is 5.73. The zero-order chi connectivity index (χ0) is 21.2. The van der Waals surface area contributed by atoms with E-state index in [2.05, 4.69) is 28.5 Å². The highest BCUT2D eigenvalue weighted by Crippen LogP contribution is 2.36. The molecule has 2 aliphatic heterocycles. The van der Waals surface area contributed by atoms with E-state index >= 15 is 0 Å². The summed E-state index contributed by atoms with van der Waals surface area (Å²) in [6, 6.07) is 15.5. The van der Waals surface area contributed by atoms with Crippen molar-refractivity contribution in [1.82, 2.24) is 9.91 Å². The second kappa shape index (κ2) is 8.78. The van der Waals surface area contributed by atoms with Crippen LogP contribution in [-0.4, -0.2) is 46.3 Å². The number of amides is 1. The zero-order valence-electron chi connectivity index (χ0n) is 17.0. The average Bonchev–Trinajstić information content (AvgIpc) is 3.56. The monoisotopic (exact) mass is 449 g/mol. The summed E-state index contributed by atoms with van der Waals surface area (Å²) < 4.78 is 0. The number of carbonyl (C=O) groups is 1. The number of aromatic hydroxyl groups is 1. The van der Waals surface area contributed by atoms with Gasteiger partial charge in [0, 0.05) is 24.4 Å². The first-order chi connectivity index (χ1) is 15.2. The average molecular weight is 450 g/mol. The van der Waals surface area contributed by atoms with Gasteiger partial charge in [-0.05, 0) is 52.6 Å². The lowest BCUT2D eigenvalue weighted by Gasteiger charge is -2.28. The van der Waals surface area contributed by atoms with Crippen molar-refractivity contribution in [2.45, 2.75) is 18.9 Å². The fourth-order valence-corrected chi connectivity index (χ4v) is 5.62. The minimum Gasteiger partial charge on any atom is -0.508 e. The summed E-state index contributed by atoms with van der Waals surface area (Å²) in [6.45, 7) is 1.93. The normalized spacial score (nSPS) is 19.4. The highest BCUT2D eigenvalue weighted by atomic mass is 32.1. The molecule has 0 bridgehead atoms. The van der Waals surface area contributed by atoms with Gasteiger partial charge in [0.15, 0.2) is 0 Å². The van der Waals surface area contributed by atoms with Crippen LogP contribution in [0, 0.1) is 0 Å². The molecule has 31 heavy (non-hydrogen) atoms. The van der Waals surface area contributed by atoms with Gasteiger partial charge in [-0.15, -0.1) is 22.7 Å². The molecule has 158 valence electrons. The van der Waals surface area contributed by atoms with Crippen molar-refractivity contribution in [2.75, 3.05) is 19.6 Å². The van der Waals surface area contributed by atoms with Crippen LogP contribution in [0.1, 0.15) is 34.2 Å². The van der Waals surface area contributed by atoms with Crippen LogP contribution in [0.25, 0.3) is 5.57 Å². The van der Waals surface area contributed by atoms with Gasteiger partial charge in [-0.3, -0.25) is 9.69 Å². The maximum Gasteiger partial charge on any atom is 0.257 e. The van der Waals surface area contributed by atoms with Gasteiger partial charge in [0.1, 0.15) is 5.75 Å². The quantitative estimate of drug-likeness (QED) is 0.598. The van der Waals surface area contributed by atoms with E-state index in [0.29, 0.717) is 6.54 Å². The topological polar surface area (TPSA) is 56.1 Å². The third kappa shape index (κ3) is 4.35. The first-order valence-corrected chi connectivity index (χ1v) is 12.1. The van der Waals surface area contributed by atoms with Gasteiger partial charge >= 0.3 is 0 Å². The molecule has 1 atom stereocenters. The molecular weight excluding hydrogens is 426 g/mol. The van der Waals surface area contributed by atoms with Gasteiger partial charge in [0.25, 0.3) is 5.91 Å². The summed E-state index contributed by atoms with van der Waals surface area (Å²) in [6.07, 6.45) is 3.83. The van der Waals surface area contributed by atoms with E-state index in [1.165, 1.54) is 10.5 Å². The Labute approximate surface area is 189 Å². The number of rotatable bonds is 5. The molecule has 3 aromatic rings. The van der Waals surface area contributed by atoms with Gasteiger partial charge in [0.2, 0.25) is 0 Å². The molecule has 4 heterocycles. The zero-order valence-corrected chi connectivity index (χ0v) is 18.6. The maximum atomic E-state index is 13.3. The Balaban J connectivity index is 1.29. The van der Waals surface area contributed by atoms with Gasteiger partial charge in [-0.25, -0.2) is 5.01 Å². The minimum absolute atomic E-state index is 0.0162. The van der Waals surface area contributed by atoms with Gasteiger partial charge < -0.3 is 5.11 Å². The largest absolute Gasteiger partial charge is 0.508 e. The number of thiophene rings is 2. The van der Waals surface area contributed by atoms with Crippen molar-refractivity contribution < 1.29 is 9.90 Å². The second-order valence-electron chi connectivity index (χ2n) is 7.76. The van der Waals surface area contributed by atoms with Crippen molar-refractivity contribution in [1.29, 1.82) is 0 Å². The predicted molar refractivity (Wildman–Crippen MR) is 127 cm³/mol. The molecule has 0 unspecified atom stereocenters. The molecule has 1 amide bonds. The number of phenolic OH excluding ortho intramolecular Hbond substituents is 1. The van der Waals surface area contributed by atoms with Gasteiger partial charge in [0.05, 0.1) is 23.2 Å². The molecule has 0 radical (unpaired) electrons. The fourth-order valence-electron chi connectivity index (χ4n) is 4.09. The van der Waals surface area contributed by atoms with Crippen LogP contribution in [0.2, 0.25) is 0 Å². The minimum atomic E-state index is -0.0162. The van der Waals surface area contributed by atoms with Crippen LogP contribution < -0.4 is 0 Å². The lowest BCUT2D eigenvalue weighted by atomic mass is 9.99. The lowest BCUT2D eigenvalue weighted by molar-refractivity contribution is -0.134. The van der Waals surface area contributed by atoms with E-state index < -0.39 is 0 Å². The van der Waals surface area contributed by atoms with Crippen LogP contribution in [0.3, 0.4) is 0 Å². The van der Waals surface area contributed by atoms with E-state index in [0.717, 1.165) is 42.1 Å². The molecule has 0 saturated heterocycles. The first kappa shape index (κ1) is 20.2. The molecule has 7 heteroatoms. The summed E-state index contributed by atoms with van der Waals surface area (Å²) in [5.74, 6) is 0.326. The summed E-state index contributed by atoms with van der Waals surface area (Å²) in [5, 5.41) is 20.1. The third-order valence-corrected chi connectivity index (χ3v) is 7.63. The Morgan fingerprint density at radius 1 is 1.10 bits per heavy atom. The number of hydrazone groups is 1. The van der Waals surface area contributed by atoms with Crippen LogP contribution in [0.15, 0.2) is 70.5 Å². The van der Waals surface area contributed by atoms with E-state index in [4.69, 9.17) is 5.10 Å². The Kier molecular flexibility index (Phi) is 5.72. The van der Waals surface area contributed by atoms with Crippen molar-refractivity contribution in [3.8, 4) is 5.75 Å². The number of hydrogen-bond donors (Lipinski definition) is 1. The first-order valence-electron chi connectivity index (χ1n) is 10.3. The standard InChI is InChI=1S/C24H23N3O2S2/c28-19-7-5-17(6-8-19)18-9-11-26(12-10-18)16-24(29)27-21(23-4-2-14-31-23)15-20(25-27)22-3-1-13-30-22/h1-9,13-14,21,28H,10-12,15-16H2/t21-/m0/s1. The highest BCUT2D eigenvalue weighted by Gasteiger charge is 2.34. The molecule has 1 N–H and O–H groups in total. The summed E-state index contributed by atoms with van der Waals surface area (Å²) in [7, 11) is 0. The summed E-state index contributed by atoms with van der Waals surface area (Å²) in [5.41, 5.74) is 3.39. The van der Waals surface area contributed by atoms with E-state index in [9.17, 15) is 9.90 Å². The molecule has 0 aliphatic carbocycles. The molecule has 0 saturated carbocycles. The fraction of sp³-hybridized carbons (Fsp3) is 0.250. The van der Waals surface area contributed by atoms with Crippen LogP contribution in [0.4, 0.5) is 0 Å². The van der Waals surface area contributed by atoms with E-state index in [-0.39, 0.29) is 17.7 Å². The number of benzene rings is 1. The Morgan fingerprint density at radius 2 is 1.90 bits per heavy atom. The van der Waals surface area contributed by atoms with E-state index in [1.807, 2.05) is 29.6 Å². The molecule has 2 aromatic heterocycles. The molecule has 0 spiro atoms. The number of carbonyl (C=O) groups excluding carboxylic acids is 1. The summed E-state index contributed by atoms with van der Waals surface area (Å²) >= 11 is 3.35. The van der Waals surface area contributed by atoms with Crippen molar-refractivity contribution in [2.24, 2.45) is 5.10 Å². The van der Waals surface area contributed by atoms with Crippen LogP contribution in [0.5, 0.6) is 5.75 Å². The number of nitrogens with zero attached hydrogens (tertiary/aromatic N) is 3. The Morgan fingerprint density at radius 3 is 2.58 bits per heavy atom. The maximum absolute atomic E-state index is 13.3. The molecule has 5 nitrogen and oxygen atoms in total. The van der Waals surface area contributed by atoms with Crippen molar-refractivity contribution in [3.63, 3.8) is 0 Å². The highest BCUT2D eigenvalue weighted by molar-refractivity contribution is 7.12. The molecule has 0 fully saturated rings. The Hall–Kier alpha value is -2.74. The lowest BCUT2D eigenvalue weighted by Crippen LogP contribution is -2.39. The molecule has 2 aliphatic rings. The van der Waals surface area contributed by atoms with Gasteiger partial charge in [-0.1, -0.05) is 30.3 Å². The SMILES string of the molecule is O=C(CN1CC=C(c2ccc(O)cc2)CC1)N1N=C(c2cccs2)C[C@H]1c1cccs1. The molecule has 1 aromatic carbocycles. The second-order valence-corrected chi connectivity index (χ2v) is 9.69. The number of phenols is 1.